The van der Waals surface area contributed by atoms with Gasteiger partial charge < -0.3 is 0 Å². The van der Waals surface area contributed by atoms with Gasteiger partial charge in [0.25, 0.3) is 5.69 Å². The Bertz CT molecular complexity index is 691. The van der Waals surface area contributed by atoms with Gasteiger partial charge in [0.05, 0.1) is 22.4 Å². The van der Waals surface area contributed by atoms with Crippen LogP contribution in [-0.2, 0) is 9.59 Å². The van der Waals surface area contributed by atoms with E-state index in [2.05, 4.69) is 31.9 Å². The van der Waals surface area contributed by atoms with Crippen LogP contribution in [0.5, 0.6) is 0 Å². The summed E-state index contributed by atoms with van der Waals surface area (Å²) in [7, 11) is 0. The number of non-ortho nitro benzene ring substituents is 1. The minimum absolute atomic E-state index is 0.0610. The molecule has 23 heavy (non-hydrogen) atoms. The standard InChI is InChI=1S/C15H12Br2N2O4/c16-12-8-5-9(13(12)17)11-10(8)14(20)18(15(11)21)6-1-3-7(4-2-6)19(22)23/h1-4,8-13H,5H2/t8-,9-,10-,11+,12+,13+/m1/s1. The number of carbonyl (C=O) groups is 2. The van der Waals surface area contributed by atoms with Crippen molar-refractivity contribution in [3.63, 3.8) is 0 Å². The summed E-state index contributed by atoms with van der Waals surface area (Å²) in [5, 5.41) is 10.7. The number of benzene rings is 1. The lowest BCUT2D eigenvalue weighted by atomic mass is 9.81. The molecule has 1 saturated heterocycles. The van der Waals surface area contributed by atoms with E-state index in [0.717, 1.165) is 6.42 Å². The van der Waals surface area contributed by atoms with Gasteiger partial charge in [-0.1, -0.05) is 31.9 Å². The van der Waals surface area contributed by atoms with Gasteiger partial charge >= 0.3 is 0 Å². The molecule has 2 amide bonds. The van der Waals surface area contributed by atoms with Crippen molar-refractivity contribution in [2.24, 2.45) is 23.7 Å². The van der Waals surface area contributed by atoms with Crippen molar-refractivity contribution < 1.29 is 14.5 Å². The molecule has 0 N–H and O–H groups in total. The van der Waals surface area contributed by atoms with E-state index >= 15 is 0 Å². The number of alkyl halides is 2. The van der Waals surface area contributed by atoms with Crippen molar-refractivity contribution >= 4 is 55.0 Å². The third kappa shape index (κ3) is 1.97. The Kier molecular flexibility index (Phi) is 3.39. The first kappa shape index (κ1) is 15.3. The number of nitrogens with zero attached hydrogens (tertiary/aromatic N) is 2. The molecule has 8 heteroatoms. The molecule has 6 nitrogen and oxygen atoms in total. The summed E-state index contributed by atoms with van der Waals surface area (Å²) in [6, 6.07) is 5.57. The number of fused-ring (bicyclic) bond motifs is 5. The Hall–Kier alpha value is -1.28. The van der Waals surface area contributed by atoms with E-state index in [1.54, 1.807) is 0 Å². The molecule has 0 spiro atoms. The zero-order valence-corrected chi connectivity index (χ0v) is 14.9. The van der Waals surface area contributed by atoms with Gasteiger partial charge in [-0.15, -0.1) is 0 Å². The molecule has 0 unspecified atom stereocenters. The van der Waals surface area contributed by atoms with Crippen LogP contribution in [-0.4, -0.2) is 26.4 Å². The maximum atomic E-state index is 12.8. The molecule has 120 valence electrons. The zero-order valence-electron chi connectivity index (χ0n) is 11.8. The molecule has 0 radical (unpaired) electrons. The van der Waals surface area contributed by atoms with Gasteiger partial charge in [-0.05, 0) is 30.4 Å². The first-order valence-corrected chi connectivity index (χ1v) is 9.15. The van der Waals surface area contributed by atoms with E-state index in [9.17, 15) is 19.7 Å². The smallest absolute Gasteiger partial charge is 0.269 e. The highest BCUT2D eigenvalue weighted by Crippen LogP contribution is 2.60. The van der Waals surface area contributed by atoms with Crippen LogP contribution < -0.4 is 4.90 Å². The third-order valence-corrected chi connectivity index (χ3v) is 8.51. The Morgan fingerprint density at radius 2 is 1.48 bits per heavy atom. The van der Waals surface area contributed by atoms with Crippen LogP contribution in [0.3, 0.4) is 0 Å². The molecule has 2 saturated carbocycles. The number of amides is 2. The van der Waals surface area contributed by atoms with Crippen molar-refractivity contribution in [2.45, 2.75) is 16.1 Å². The summed E-state index contributed by atoms with van der Waals surface area (Å²) in [6.45, 7) is 0. The molecule has 1 aliphatic heterocycles. The highest BCUT2D eigenvalue weighted by Gasteiger charge is 2.66. The predicted octanol–water partition coefficient (Wildman–Crippen LogP) is 2.88. The van der Waals surface area contributed by atoms with Crippen LogP contribution in [0.15, 0.2) is 24.3 Å². The van der Waals surface area contributed by atoms with Crippen molar-refractivity contribution in [1.29, 1.82) is 0 Å². The molecule has 2 bridgehead atoms. The first-order valence-electron chi connectivity index (χ1n) is 7.32. The monoisotopic (exact) mass is 442 g/mol. The first-order chi connectivity index (χ1) is 10.9. The maximum Gasteiger partial charge on any atom is 0.269 e. The summed E-state index contributed by atoms with van der Waals surface area (Å²) in [4.78, 5) is 37.4. The molecule has 1 aromatic rings. The molecule has 1 heterocycles. The topological polar surface area (TPSA) is 80.5 Å². The van der Waals surface area contributed by atoms with E-state index in [4.69, 9.17) is 0 Å². The van der Waals surface area contributed by atoms with Crippen molar-refractivity contribution in [3.05, 3.63) is 34.4 Å². The van der Waals surface area contributed by atoms with Gasteiger partial charge in [-0.2, -0.15) is 0 Å². The minimum Gasteiger partial charge on any atom is -0.274 e. The minimum atomic E-state index is -0.503. The molecule has 3 aliphatic rings. The highest BCUT2D eigenvalue weighted by molar-refractivity contribution is 9.12. The van der Waals surface area contributed by atoms with Gasteiger partial charge in [-0.25, -0.2) is 0 Å². The van der Waals surface area contributed by atoms with Crippen LogP contribution in [0.1, 0.15) is 6.42 Å². The van der Waals surface area contributed by atoms with Crippen LogP contribution >= 0.6 is 31.9 Å². The number of anilines is 1. The number of halogens is 2. The number of imide groups is 1. The fraction of sp³-hybridized carbons (Fsp3) is 0.467. The Labute approximate surface area is 148 Å². The number of nitro groups is 1. The SMILES string of the molecule is O=C1[C@@H]2[C@H]3C[C@@H]([C@H](Br)[C@H]3Br)[C@@H]2C(=O)N1c1ccc([N+](=O)[O-])cc1. The van der Waals surface area contributed by atoms with Crippen LogP contribution in [0.4, 0.5) is 11.4 Å². The summed E-state index contributed by atoms with van der Waals surface area (Å²) in [5.74, 6) is -0.583. The molecule has 2 aliphatic carbocycles. The Balaban J connectivity index is 1.68. The fourth-order valence-electron chi connectivity index (χ4n) is 4.33. The highest BCUT2D eigenvalue weighted by atomic mass is 79.9. The van der Waals surface area contributed by atoms with Crippen LogP contribution in [0.2, 0.25) is 0 Å². The van der Waals surface area contributed by atoms with Gasteiger partial charge in [0.15, 0.2) is 0 Å². The second kappa shape index (κ2) is 5.11. The van der Waals surface area contributed by atoms with Crippen molar-refractivity contribution in [1.82, 2.24) is 0 Å². The van der Waals surface area contributed by atoms with Crippen LogP contribution in [0.25, 0.3) is 0 Å². The van der Waals surface area contributed by atoms with E-state index < -0.39 is 4.92 Å². The maximum absolute atomic E-state index is 12.8. The fourth-order valence-corrected chi connectivity index (χ4v) is 6.20. The number of rotatable bonds is 2. The van der Waals surface area contributed by atoms with E-state index in [1.807, 2.05) is 0 Å². The molecular formula is C15H12Br2N2O4. The van der Waals surface area contributed by atoms with E-state index in [1.165, 1.54) is 29.2 Å². The second-order valence-corrected chi connectivity index (χ2v) is 8.40. The molecule has 3 fully saturated rings. The molecule has 6 atom stereocenters. The second-order valence-electron chi connectivity index (χ2n) is 6.29. The molecule has 4 rings (SSSR count). The lowest BCUT2D eigenvalue weighted by Gasteiger charge is -2.28. The molecular weight excluding hydrogens is 432 g/mol. The third-order valence-electron chi connectivity index (χ3n) is 5.31. The summed E-state index contributed by atoms with van der Waals surface area (Å²) >= 11 is 7.28. The van der Waals surface area contributed by atoms with Gasteiger partial charge in [0, 0.05) is 21.8 Å². The normalized spacial score (nSPS) is 38.3. The van der Waals surface area contributed by atoms with E-state index in [0.29, 0.717) is 5.69 Å². The zero-order chi connectivity index (χ0) is 16.5. The number of nitro benzene ring substituents is 1. The predicted molar refractivity (Wildman–Crippen MR) is 89.6 cm³/mol. The van der Waals surface area contributed by atoms with Gasteiger partial charge in [0.1, 0.15) is 0 Å². The largest absolute Gasteiger partial charge is 0.274 e. The average molecular weight is 444 g/mol. The lowest BCUT2D eigenvalue weighted by molar-refractivity contribution is -0.384. The summed E-state index contributed by atoms with van der Waals surface area (Å²) in [6.07, 6.45) is 0.882. The quantitative estimate of drug-likeness (QED) is 0.304. The Morgan fingerprint density at radius 1 is 1.00 bits per heavy atom. The molecule has 1 aromatic carbocycles. The lowest BCUT2D eigenvalue weighted by Crippen LogP contribution is -2.37. The van der Waals surface area contributed by atoms with Crippen molar-refractivity contribution in [2.75, 3.05) is 4.90 Å². The van der Waals surface area contributed by atoms with E-state index in [-0.39, 0.29) is 50.8 Å². The summed E-state index contributed by atoms with van der Waals surface area (Å²) in [5.41, 5.74) is 0.353. The average Bonchev–Trinajstić information content (AvgIpc) is 3.12. The molecule has 0 aromatic heterocycles. The van der Waals surface area contributed by atoms with Gasteiger partial charge in [-0.3, -0.25) is 24.6 Å². The number of carbonyl (C=O) groups excluding carboxylic acids is 2. The van der Waals surface area contributed by atoms with Crippen LogP contribution in [0, 0.1) is 33.8 Å². The van der Waals surface area contributed by atoms with Crippen molar-refractivity contribution in [3.8, 4) is 0 Å². The summed E-state index contributed by atoms with van der Waals surface area (Å²) < 4.78 is 0. The number of hydrogen-bond donors (Lipinski definition) is 0. The van der Waals surface area contributed by atoms with Gasteiger partial charge in [0.2, 0.25) is 11.8 Å². The number of hydrogen-bond acceptors (Lipinski definition) is 4. The Morgan fingerprint density at radius 3 is 1.91 bits per heavy atom.